The molecule has 19 heteroatoms. The zero-order chi connectivity index (χ0) is 48.7. The Kier molecular flexibility index (Phi) is 15.5. The molecular formula is C48H54F2N4O13. The Morgan fingerprint density at radius 2 is 1.64 bits per heavy atom. The number of carboxylic acids is 1. The van der Waals surface area contributed by atoms with Crippen LogP contribution in [0.3, 0.4) is 0 Å². The number of halogens is 2. The molecule has 1 saturated carbocycles. The van der Waals surface area contributed by atoms with Crippen LogP contribution >= 0.6 is 0 Å². The summed E-state index contributed by atoms with van der Waals surface area (Å²) in [5, 5.41) is 12.0. The Morgan fingerprint density at radius 1 is 0.925 bits per heavy atom. The molecule has 6 rings (SSSR count). The topological polar surface area (TPSA) is 209 Å². The Hall–Kier alpha value is -7.05. The van der Waals surface area contributed by atoms with Crippen molar-refractivity contribution in [1.29, 1.82) is 0 Å². The molecule has 3 aromatic carbocycles. The normalized spacial score (nSPS) is 15.9. The van der Waals surface area contributed by atoms with Crippen LogP contribution in [0.2, 0.25) is 0 Å². The van der Waals surface area contributed by atoms with Crippen molar-refractivity contribution in [2.45, 2.75) is 96.4 Å². The second-order valence-electron chi connectivity index (χ2n) is 17.4. The number of methoxy groups -OCH3 is 1. The highest BCUT2D eigenvalue weighted by molar-refractivity contribution is 5.97. The van der Waals surface area contributed by atoms with Crippen LogP contribution in [0.1, 0.15) is 94.6 Å². The van der Waals surface area contributed by atoms with Crippen LogP contribution in [-0.2, 0) is 38.1 Å². The van der Waals surface area contributed by atoms with E-state index in [9.17, 15) is 43.1 Å². The van der Waals surface area contributed by atoms with E-state index in [4.69, 9.17) is 23.7 Å². The van der Waals surface area contributed by atoms with E-state index in [1.807, 2.05) is 6.07 Å². The number of piperazine rings is 1. The Morgan fingerprint density at radius 3 is 2.27 bits per heavy atom. The molecule has 3 atom stereocenters. The number of fused-ring (bicyclic) bond motifs is 1. The van der Waals surface area contributed by atoms with E-state index in [2.05, 4.69) is 5.32 Å². The lowest BCUT2D eigenvalue weighted by atomic mass is 9.97. The van der Waals surface area contributed by atoms with E-state index < -0.39 is 95.3 Å². The van der Waals surface area contributed by atoms with Crippen LogP contribution in [0.5, 0.6) is 5.75 Å². The molecule has 3 unspecified atom stereocenters. The van der Waals surface area contributed by atoms with Gasteiger partial charge in [-0.1, -0.05) is 42.5 Å². The van der Waals surface area contributed by atoms with Crippen molar-refractivity contribution in [3.8, 4) is 16.9 Å². The minimum Gasteiger partial charge on any atom is -0.492 e. The number of carboxylic acid groups (broad SMARTS) is 1. The van der Waals surface area contributed by atoms with E-state index in [-0.39, 0.29) is 67.5 Å². The molecule has 2 N–H and O–H groups in total. The number of pyridine rings is 1. The van der Waals surface area contributed by atoms with Crippen molar-refractivity contribution in [2.75, 3.05) is 45.0 Å². The molecule has 17 nitrogen and oxygen atoms in total. The zero-order valence-corrected chi connectivity index (χ0v) is 38.1. The molecule has 1 saturated heterocycles. The minimum absolute atomic E-state index is 0.0376. The molecule has 2 fully saturated rings. The predicted molar refractivity (Wildman–Crippen MR) is 239 cm³/mol. The van der Waals surface area contributed by atoms with Crippen LogP contribution < -0.4 is 20.4 Å². The number of carbonyl (C=O) groups excluding carboxylic acids is 5. The predicted octanol–water partition coefficient (Wildman–Crippen LogP) is 6.48. The van der Waals surface area contributed by atoms with E-state index in [0.717, 1.165) is 18.9 Å². The monoisotopic (exact) mass is 932 g/mol. The van der Waals surface area contributed by atoms with Gasteiger partial charge in [-0.25, -0.2) is 23.2 Å². The van der Waals surface area contributed by atoms with E-state index in [1.54, 1.807) is 80.5 Å². The highest BCUT2D eigenvalue weighted by Gasteiger charge is 2.36. The van der Waals surface area contributed by atoms with Gasteiger partial charge in [0, 0.05) is 49.9 Å². The van der Waals surface area contributed by atoms with Gasteiger partial charge in [0.15, 0.2) is 11.6 Å². The molecule has 1 aromatic heterocycles. The van der Waals surface area contributed by atoms with Crippen LogP contribution in [-0.4, -0.2) is 108 Å². The van der Waals surface area contributed by atoms with Crippen molar-refractivity contribution in [2.24, 2.45) is 0 Å². The third-order valence-electron chi connectivity index (χ3n) is 11.3. The van der Waals surface area contributed by atoms with Gasteiger partial charge in [-0.15, -0.1) is 0 Å². The van der Waals surface area contributed by atoms with Crippen LogP contribution in [0, 0.1) is 11.6 Å². The van der Waals surface area contributed by atoms with Crippen molar-refractivity contribution < 1.29 is 66.3 Å². The second kappa shape index (κ2) is 21.1. The number of aromatic nitrogens is 1. The molecule has 2 aliphatic rings. The largest absolute Gasteiger partial charge is 0.492 e. The first-order valence-corrected chi connectivity index (χ1v) is 21.8. The van der Waals surface area contributed by atoms with Crippen LogP contribution in [0.4, 0.5) is 19.3 Å². The van der Waals surface area contributed by atoms with Gasteiger partial charge in [-0.05, 0) is 77.1 Å². The summed E-state index contributed by atoms with van der Waals surface area (Å²) in [7, 11) is 1.33. The quantitative estimate of drug-likeness (QED) is 0.0503. The summed E-state index contributed by atoms with van der Waals surface area (Å²) in [5.74, 6) is -6.67. The number of nitrogens with zero attached hydrogens (tertiary/aromatic N) is 3. The molecular weight excluding hydrogens is 879 g/mol. The summed E-state index contributed by atoms with van der Waals surface area (Å²) < 4.78 is 59.2. The number of hydrogen-bond donors (Lipinski definition) is 2. The summed E-state index contributed by atoms with van der Waals surface area (Å²) in [4.78, 5) is 92.8. The lowest BCUT2D eigenvalue weighted by Gasteiger charge is -2.40. The number of anilines is 1. The third-order valence-corrected chi connectivity index (χ3v) is 11.3. The highest BCUT2D eigenvalue weighted by atomic mass is 19.1. The fraction of sp³-hybridized carbons (Fsp3) is 0.438. The molecule has 0 radical (unpaired) electrons. The number of nitrogens with one attached hydrogen (secondary N) is 1. The van der Waals surface area contributed by atoms with E-state index in [1.165, 1.54) is 24.3 Å². The highest BCUT2D eigenvalue weighted by Crippen LogP contribution is 2.44. The number of benzene rings is 3. The average Bonchev–Trinajstić information content (AvgIpc) is 4.12. The lowest BCUT2D eigenvalue weighted by molar-refractivity contribution is -0.164. The maximum absolute atomic E-state index is 15.9. The SMILES string of the molecule is COc1c(N2CCN(C(=O)OCOC(=O)CC(NC(=O)CCCOC(=O)C(C)c3ccc(-c4ccccc4)c(F)c3)C(=O)OC(C)(C)C)C(C)C2)c(F)cc2c(=O)c(C(=O)O)cn(C3CC3)c12. The summed E-state index contributed by atoms with van der Waals surface area (Å²) in [6.07, 6.45) is 1.07. The average molecular weight is 933 g/mol. The lowest BCUT2D eigenvalue weighted by Crippen LogP contribution is -2.54. The number of carbonyl (C=O) groups is 6. The Labute approximate surface area is 384 Å². The Balaban J connectivity index is 0.985. The van der Waals surface area contributed by atoms with Crippen LogP contribution in [0.25, 0.3) is 22.0 Å². The molecule has 0 spiro atoms. The smallest absolute Gasteiger partial charge is 0.413 e. The third kappa shape index (κ3) is 12.1. The van der Waals surface area contributed by atoms with E-state index in [0.29, 0.717) is 16.7 Å². The first-order valence-electron chi connectivity index (χ1n) is 21.8. The first-order chi connectivity index (χ1) is 31.8. The van der Waals surface area contributed by atoms with Gasteiger partial charge in [0.2, 0.25) is 18.1 Å². The standard InChI is InChI=1S/C48H54F2N4O13/c1-27-24-52(41-36(50)22-33-40(43(41)63-6)54(31-15-16-31)25-34(42(33)57)44(58)59)18-19-53(27)47(62)66-26-65-39(56)23-37(46(61)67-48(3,4)5)51-38(55)13-10-20-64-45(60)28(2)30-14-17-32(35(49)21-30)29-11-8-7-9-12-29/h7-9,11-12,14,17,21-22,25,27-28,31,37H,10,13,15-16,18-20,23-24,26H2,1-6H3,(H,51,55)(H,58,59). The van der Waals surface area contributed by atoms with Gasteiger partial charge in [-0.2, -0.15) is 0 Å². The maximum Gasteiger partial charge on any atom is 0.413 e. The fourth-order valence-corrected chi connectivity index (χ4v) is 7.76. The number of esters is 3. The zero-order valence-electron chi connectivity index (χ0n) is 38.1. The Bertz CT molecular complexity index is 2590. The van der Waals surface area contributed by atoms with Gasteiger partial charge in [0.05, 0.1) is 37.0 Å². The van der Waals surface area contributed by atoms with Gasteiger partial charge in [-0.3, -0.25) is 19.2 Å². The minimum atomic E-state index is -1.48. The van der Waals surface area contributed by atoms with Gasteiger partial charge >= 0.3 is 30.0 Å². The summed E-state index contributed by atoms with van der Waals surface area (Å²) in [6, 6.07) is 12.4. The summed E-state index contributed by atoms with van der Waals surface area (Å²) in [6.45, 7) is 7.31. The molecule has 67 heavy (non-hydrogen) atoms. The maximum atomic E-state index is 15.9. The molecule has 4 aromatic rings. The number of rotatable bonds is 17. The van der Waals surface area contributed by atoms with Crippen molar-refractivity contribution in [3.63, 3.8) is 0 Å². The molecule has 358 valence electrons. The molecule has 1 aliphatic heterocycles. The number of hydrogen-bond acceptors (Lipinski definition) is 13. The van der Waals surface area contributed by atoms with Crippen LogP contribution in [0.15, 0.2) is 65.6 Å². The first kappa shape index (κ1) is 49.4. The van der Waals surface area contributed by atoms with Crippen molar-refractivity contribution in [1.82, 2.24) is 14.8 Å². The summed E-state index contributed by atoms with van der Waals surface area (Å²) >= 11 is 0. The van der Waals surface area contributed by atoms with Gasteiger partial charge in [0.1, 0.15) is 28.7 Å². The van der Waals surface area contributed by atoms with Gasteiger partial charge in [0.25, 0.3) is 0 Å². The molecule has 1 aliphatic carbocycles. The van der Waals surface area contributed by atoms with Crippen molar-refractivity contribution in [3.05, 3.63) is 93.8 Å². The fourth-order valence-electron chi connectivity index (χ4n) is 7.76. The molecule has 2 heterocycles. The molecule has 2 amide bonds. The summed E-state index contributed by atoms with van der Waals surface area (Å²) in [5.41, 5.74) is -0.484. The number of amides is 2. The van der Waals surface area contributed by atoms with Crippen molar-refractivity contribution >= 4 is 52.5 Å². The van der Waals surface area contributed by atoms with Gasteiger partial charge < -0.3 is 48.5 Å². The number of aromatic carboxylic acids is 1. The number of ether oxygens (including phenoxy) is 5. The van der Waals surface area contributed by atoms with E-state index >= 15 is 4.39 Å². The molecule has 0 bridgehead atoms. The second-order valence-corrected chi connectivity index (χ2v) is 17.4.